The molecule has 0 aromatic heterocycles. The lowest BCUT2D eigenvalue weighted by Crippen LogP contribution is -1.96. The number of hydrogen-bond acceptors (Lipinski definition) is 1. The van der Waals surface area contributed by atoms with E-state index in [0.29, 0.717) is 5.02 Å². The van der Waals surface area contributed by atoms with E-state index >= 15 is 0 Å². The standard InChI is InChI=1S/C10H12BrClO/c1-2-3-6-13-10-7-8(12)4-5-9(10)11/h4-5,7H,2-3,6H2,1H3. The molecule has 0 aliphatic heterocycles. The molecule has 0 spiro atoms. The Kier molecular flexibility index (Phi) is 4.60. The first-order valence-corrected chi connectivity index (χ1v) is 5.49. The molecule has 1 rings (SSSR count). The molecule has 0 N–H and O–H groups in total. The van der Waals surface area contributed by atoms with Crippen LogP contribution in [0.25, 0.3) is 0 Å². The van der Waals surface area contributed by atoms with Crippen molar-refractivity contribution in [2.24, 2.45) is 0 Å². The molecular weight excluding hydrogens is 251 g/mol. The average molecular weight is 264 g/mol. The third-order valence-electron chi connectivity index (χ3n) is 1.65. The first kappa shape index (κ1) is 10.9. The molecule has 0 bridgehead atoms. The Balaban J connectivity index is 2.59. The zero-order chi connectivity index (χ0) is 9.68. The molecule has 0 amide bonds. The van der Waals surface area contributed by atoms with Gasteiger partial charge in [-0.3, -0.25) is 0 Å². The molecule has 3 heteroatoms. The number of halogens is 2. The fourth-order valence-corrected chi connectivity index (χ4v) is 1.44. The van der Waals surface area contributed by atoms with Gasteiger partial charge in [-0.25, -0.2) is 0 Å². The maximum atomic E-state index is 5.83. The predicted octanol–water partition coefficient (Wildman–Crippen LogP) is 4.28. The van der Waals surface area contributed by atoms with Crippen molar-refractivity contribution in [3.8, 4) is 5.75 Å². The van der Waals surface area contributed by atoms with Crippen LogP contribution in [0.15, 0.2) is 22.7 Å². The van der Waals surface area contributed by atoms with Crippen LogP contribution in [0.1, 0.15) is 19.8 Å². The fraction of sp³-hybridized carbons (Fsp3) is 0.400. The van der Waals surface area contributed by atoms with E-state index < -0.39 is 0 Å². The summed E-state index contributed by atoms with van der Waals surface area (Å²) >= 11 is 9.23. The SMILES string of the molecule is CCCCOc1cc(Cl)ccc1Br. The summed E-state index contributed by atoms with van der Waals surface area (Å²) in [7, 11) is 0. The molecule has 0 saturated heterocycles. The van der Waals surface area contributed by atoms with Gasteiger partial charge in [0.2, 0.25) is 0 Å². The van der Waals surface area contributed by atoms with Gasteiger partial charge in [0.15, 0.2) is 0 Å². The maximum absolute atomic E-state index is 5.83. The highest BCUT2D eigenvalue weighted by Crippen LogP contribution is 2.28. The van der Waals surface area contributed by atoms with Crippen molar-refractivity contribution < 1.29 is 4.74 Å². The third kappa shape index (κ3) is 3.57. The minimum absolute atomic E-state index is 0.703. The molecular formula is C10H12BrClO. The van der Waals surface area contributed by atoms with Crippen LogP contribution in [-0.2, 0) is 0 Å². The van der Waals surface area contributed by atoms with E-state index in [1.807, 2.05) is 18.2 Å². The van der Waals surface area contributed by atoms with Gasteiger partial charge < -0.3 is 4.74 Å². The smallest absolute Gasteiger partial charge is 0.134 e. The second-order valence-corrected chi connectivity index (χ2v) is 4.07. The van der Waals surface area contributed by atoms with E-state index in [9.17, 15) is 0 Å². The number of rotatable bonds is 4. The molecule has 0 fully saturated rings. The Morgan fingerprint density at radius 2 is 2.23 bits per heavy atom. The van der Waals surface area contributed by atoms with Crippen LogP contribution in [0.5, 0.6) is 5.75 Å². The lowest BCUT2D eigenvalue weighted by Gasteiger charge is -2.07. The van der Waals surface area contributed by atoms with Crippen molar-refractivity contribution in [2.75, 3.05) is 6.61 Å². The summed E-state index contributed by atoms with van der Waals surface area (Å²) in [5.41, 5.74) is 0. The quantitative estimate of drug-likeness (QED) is 0.737. The van der Waals surface area contributed by atoms with Gasteiger partial charge in [-0.1, -0.05) is 24.9 Å². The van der Waals surface area contributed by atoms with Gasteiger partial charge in [0.25, 0.3) is 0 Å². The maximum Gasteiger partial charge on any atom is 0.134 e. The van der Waals surface area contributed by atoms with E-state index in [2.05, 4.69) is 22.9 Å². The molecule has 72 valence electrons. The van der Waals surface area contributed by atoms with Gasteiger partial charge in [-0.05, 0) is 40.5 Å². The van der Waals surface area contributed by atoms with Crippen LogP contribution in [0, 0.1) is 0 Å². The van der Waals surface area contributed by atoms with Crippen molar-refractivity contribution in [1.82, 2.24) is 0 Å². The topological polar surface area (TPSA) is 9.23 Å². The summed E-state index contributed by atoms with van der Waals surface area (Å²) in [4.78, 5) is 0. The lowest BCUT2D eigenvalue weighted by atomic mass is 10.3. The summed E-state index contributed by atoms with van der Waals surface area (Å²) in [6.07, 6.45) is 2.21. The normalized spacial score (nSPS) is 10.1. The molecule has 0 aliphatic carbocycles. The van der Waals surface area contributed by atoms with Crippen LogP contribution in [-0.4, -0.2) is 6.61 Å². The zero-order valence-electron chi connectivity index (χ0n) is 7.52. The highest BCUT2D eigenvalue weighted by atomic mass is 79.9. The van der Waals surface area contributed by atoms with Crippen molar-refractivity contribution in [3.63, 3.8) is 0 Å². The summed E-state index contributed by atoms with van der Waals surface area (Å²) in [6.45, 7) is 2.88. The number of unbranched alkanes of at least 4 members (excludes halogenated alkanes) is 1. The molecule has 13 heavy (non-hydrogen) atoms. The largest absolute Gasteiger partial charge is 0.492 e. The van der Waals surface area contributed by atoms with E-state index in [0.717, 1.165) is 29.7 Å². The van der Waals surface area contributed by atoms with Crippen LogP contribution in [0.4, 0.5) is 0 Å². The Hall–Kier alpha value is -0.210. The second kappa shape index (κ2) is 5.51. The highest BCUT2D eigenvalue weighted by Gasteiger charge is 2.00. The van der Waals surface area contributed by atoms with E-state index in [1.54, 1.807) is 0 Å². The highest BCUT2D eigenvalue weighted by molar-refractivity contribution is 9.10. The van der Waals surface area contributed by atoms with Gasteiger partial charge in [0, 0.05) is 5.02 Å². The second-order valence-electron chi connectivity index (χ2n) is 2.78. The van der Waals surface area contributed by atoms with Gasteiger partial charge >= 0.3 is 0 Å². The van der Waals surface area contributed by atoms with Crippen LogP contribution >= 0.6 is 27.5 Å². The molecule has 0 atom stereocenters. The van der Waals surface area contributed by atoms with Gasteiger partial charge in [-0.15, -0.1) is 0 Å². The van der Waals surface area contributed by atoms with Crippen molar-refractivity contribution >= 4 is 27.5 Å². The summed E-state index contributed by atoms with van der Waals surface area (Å²) in [6, 6.07) is 5.54. The first-order chi connectivity index (χ1) is 6.24. The Morgan fingerprint density at radius 3 is 2.92 bits per heavy atom. The minimum atomic E-state index is 0.703. The predicted molar refractivity (Wildman–Crippen MR) is 59.6 cm³/mol. The van der Waals surface area contributed by atoms with Gasteiger partial charge in [-0.2, -0.15) is 0 Å². The summed E-state index contributed by atoms with van der Waals surface area (Å²) < 4.78 is 6.48. The van der Waals surface area contributed by atoms with Crippen molar-refractivity contribution in [1.29, 1.82) is 0 Å². The number of benzene rings is 1. The fourth-order valence-electron chi connectivity index (χ4n) is 0.914. The lowest BCUT2D eigenvalue weighted by molar-refractivity contribution is 0.307. The molecule has 0 saturated carbocycles. The molecule has 1 nitrogen and oxygen atoms in total. The first-order valence-electron chi connectivity index (χ1n) is 4.32. The molecule has 0 unspecified atom stereocenters. The summed E-state index contributed by atoms with van der Waals surface area (Å²) in [5, 5.41) is 0.703. The zero-order valence-corrected chi connectivity index (χ0v) is 9.86. The average Bonchev–Trinajstić information content (AvgIpc) is 2.11. The monoisotopic (exact) mass is 262 g/mol. The Bertz CT molecular complexity index is 276. The molecule has 0 heterocycles. The Labute approximate surface area is 92.2 Å². The molecule has 1 aromatic carbocycles. The van der Waals surface area contributed by atoms with E-state index in [1.165, 1.54) is 0 Å². The van der Waals surface area contributed by atoms with Crippen LogP contribution < -0.4 is 4.74 Å². The molecule has 0 radical (unpaired) electrons. The van der Waals surface area contributed by atoms with E-state index in [4.69, 9.17) is 16.3 Å². The van der Waals surface area contributed by atoms with Crippen LogP contribution in [0.3, 0.4) is 0 Å². The van der Waals surface area contributed by atoms with Crippen LogP contribution in [0.2, 0.25) is 5.02 Å². The van der Waals surface area contributed by atoms with Gasteiger partial charge in [0.1, 0.15) is 5.75 Å². The Morgan fingerprint density at radius 1 is 1.46 bits per heavy atom. The summed E-state index contributed by atoms with van der Waals surface area (Å²) in [5.74, 6) is 0.820. The van der Waals surface area contributed by atoms with E-state index in [-0.39, 0.29) is 0 Å². The molecule has 0 aliphatic rings. The number of hydrogen-bond donors (Lipinski definition) is 0. The minimum Gasteiger partial charge on any atom is -0.492 e. The van der Waals surface area contributed by atoms with Crippen molar-refractivity contribution in [2.45, 2.75) is 19.8 Å². The van der Waals surface area contributed by atoms with Crippen molar-refractivity contribution in [3.05, 3.63) is 27.7 Å². The number of ether oxygens (including phenoxy) is 1. The van der Waals surface area contributed by atoms with Gasteiger partial charge in [0.05, 0.1) is 11.1 Å². The third-order valence-corrected chi connectivity index (χ3v) is 2.54. The molecule has 1 aromatic rings.